The van der Waals surface area contributed by atoms with Crippen molar-refractivity contribution in [2.45, 2.75) is 46.5 Å². The summed E-state index contributed by atoms with van der Waals surface area (Å²) < 4.78 is 16.7. The molecule has 0 bridgehead atoms. The molecular weight excluding hydrogens is 363 g/mol. The first-order chi connectivity index (χ1) is 9.88. The van der Waals surface area contributed by atoms with Gasteiger partial charge in [0.25, 0.3) is 0 Å². The van der Waals surface area contributed by atoms with Crippen LogP contribution in [-0.2, 0) is 25.9 Å². The fraction of sp³-hybridized carbons (Fsp3) is 0.421. The first-order valence-corrected chi connectivity index (χ1v) is 7.15. The van der Waals surface area contributed by atoms with Crippen molar-refractivity contribution in [3.8, 4) is 0 Å². The zero-order chi connectivity index (χ0) is 16.0. The molecule has 0 aliphatic rings. The molecule has 3 nitrogen and oxygen atoms in total. The maximum absolute atomic E-state index is 12.0. The van der Waals surface area contributed by atoms with Crippen molar-refractivity contribution in [2.75, 3.05) is 6.57 Å². The Morgan fingerprint density at radius 2 is 1.56 bits per heavy atom. The van der Waals surface area contributed by atoms with Crippen molar-refractivity contribution in [2.24, 2.45) is 4.99 Å². The van der Waals surface area contributed by atoms with E-state index in [0.29, 0.717) is 11.8 Å². The predicted octanol–water partition coefficient (Wildman–Crippen LogP) is 5.46. The third kappa shape index (κ3) is 9.20. The van der Waals surface area contributed by atoms with Gasteiger partial charge in [-0.05, 0) is 29.9 Å². The van der Waals surface area contributed by atoms with Gasteiger partial charge in [-0.1, -0.05) is 45.9 Å². The molecule has 2 radical (unpaired) electrons. The van der Waals surface area contributed by atoms with Crippen LogP contribution < -0.4 is 0 Å². The minimum Gasteiger partial charge on any atom is -0.531 e. The standard InChI is InChI=1S/C16H22BFNO2.3CH3.Ni/c1-10(2)13-7-6-8-14(11(3)4)15(13)19-12(5)16(20)21-17-9-18;;;;/h6-8,10-11H,9H2,1-5H3;3*1H3;/q;3*-1;+3. The zero-order valence-corrected chi connectivity index (χ0v) is 17.6. The number of halogens is 1. The molecule has 25 heavy (non-hydrogen) atoms. The van der Waals surface area contributed by atoms with Crippen molar-refractivity contribution >= 4 is 24.9 Å². The van der Waals surface area contributed by atoms with Gasteiger partial charge in [-0.2, -0.15) is 0 Å². The van der Waals surface area contributed by atoms with Crippen LogP contribution in [0.1, 0.15) is 57.6 Å². The number of rotatable bonds is 6. The van der Waals surface area contributed by atoms with Crippen molar-refractivity contribution < 1.29 is 30.3 Å². The number of carbonyl (C=O) groups is 1. The van der Waals surface area contributed by atoms with Crippen LogP contribution in [0.25, 0.3) is 0 Å². The molecule has 0 atom stereocenters. The number of nitrogens with zero attached hydrogens (tertiary/aromatic N) is 1. The third-order valence-electron chi connectivity index (χ3n) is 3.17. The van der Waals surface area contributed by atoms with E-state index < -0.39 is 12.5 Å². The average molecular weight is 394 g/mol. The summed E-state index contributed by atoms with van der Waals surface area (Å²) in [6.07, 6.45) is 0. The maximum Gasteiger partial charge on any atom is 3.00 e. The number of benzene rings is 1. The van der Waals surface area contributed by atoms with Gasteiger partial charge in [-0.15, -0.1) is 0 Å². The molecular formula is C19H31BFNNiO2. The first kappa shape index (κ1) is 31.6. The monoisotopic (exact) mass is 393 g/mol. The van der Waals surface area contributed by atoms with E-state index >= 15 is 0 Å². The number of hydrogen-bond acceptors (Lipinski definition) is 3. The van der Waals surface area contributed by atoms with Gasteiger partial charge in [0.15, 0.2) is 0 Å². The van der Waals surface area contributed by atoms with Crippen LogP contribution in [0.2, 0.25) is 0 Å². The molecule has 0 aromatic heterocycles. The van der Waals surface area contributed by atoms with Crippen molar-refractivity contribution in [1.29, 1.82) is 0 Å². The van der Waals surface area contributed by atoms with Gasteiger partial charge >= 0.3 is 29.9 Å². The normalized spacial score (nSPS) is 10.0. The van der Waals surface area contributed by atoms with E-state index in [4.69, 9.17) is 0 Å². The molecule has 1 aromatic rings. The molecule has 0 aliphatic heterocycles. The fourth-order valence-electron chi connectivity index (χ4n) is 2.05. The molecule has 144 valence electrons. The number of para-hydroxylation sites is 1. The molecule has 0 aliphatic carbocycles. The topological polar surface area (TPSA) is 38.7 Å². The Morgan fingerprint density at radius 1 is 1.12 bits per heavy atom. The summed E-state index contributed by atoms with van der Waals surface area (Å²) >= 11 is 0. The van der Waals surface area contributed by atoms with Gasteiger partial charge in [0.05, 0.1) is 5.69 Å². The molecule has 0 N–H and O–H groups in total. The van der Waals surface area contributed by atoms with Crippen LogP contribution >= 0.6 is 0 Å². The Hall–Kier alpha value is -1.15. The largest absolute Gasteiger partial charge is 3.00 e. The molecule has 0 fully saturated rings. The van der Waals surface area contributed by atoms with E-state index in [0.717, 1.165) is 24.3 Å². The fourth-order valence-corrected chi connectivity index (χ4v) is 2.05. The van der Waals surface area contributed by atoms with Crippen LogP contribution in [-0.4, -0.2) is 25.7 Å². The predicted molar refractivity (Wildman–Crippen MR) is 104 cm³/mol. The summed E-state index contributed by atoms with van der Waals surface area (Å²) in [7, 11) is 0.832. The Balaban J connectivity index is -0.000000551. The number of alkyl halides is 1. The van der Waals surface area contributed by atoms with Gasteiger partial charge in [-0.3, -0.25) is 4.39 Å². The van der Waals surface area contributed by atoms with E-state index in [1.54, 1.807) is 6.92 Å². The van der Waals surface area contributed by atoms with Gasteiger partial charge < -0.3 is 26.9 Å². The average Bonchev–Trinajstić information content (AvgIpc) is 2.44. The van der Waals surface area contributed by atoms with Gasteiger partial charge in [-0.25, -0.2) is 9.79 Å². The van der Waals surface area contributed by atoms with Crippen molar-refractivity contribution in [1.82, 2.24) is 0 Å². The van der Waals surface area contributed by atoms with Gasteiger partial charge in [0.2, 0.25) is 0 Å². The van der Waals surface area contributed by atoms with E-state index in [-0.39, 0.29) is 44.5 Å². The molecule has 1 rings (SSSR count). The summed E-state index contributed by atoms with van der Waals surface area (Å²) in [6.45, 7) is 9.12. The third-order valence-corrected chi connectivity index (χ3v) is 3.17. The molecule has 0 heterocycles. The van der Waals surface area contributed by atoms with E-state index in [2.05, 4.69) is 37.3 Å². The van der Waals surface area contributed by atoms with Crippen LogP contribution in [0.15, 0.2) is 23.2 Å². The Kier molecular flexibility index (Phi) is 19.1. The number of hydrogen-bond donors (Lipinski definition) is 0. The first-order valence-electron chi connectivity index (χ1n) is 7.15. The summed E-state index contributed by atoms with van der Waals surface area (Å²) in [5, 5.41) is 0. The Morgan fingerprint density at radius 3 is 1.92 bits per heavy atom. The number of carbonyl (C=O) groups excluding carboxylic acids is 1. The quantitative estimate of drug-likeness (QED) is 0.365. The van der Waals surface area contributed by atoms with E-state index in [1.165, 1.54) is 0 Å². The second kappa shape index (κ2) is 15.1. The minimum absolute atomic E-state index is 0. The summed E-state index contributed by atoms with van der Waals surface area (Å²) in [5.74, 6) is -0.0340. The second-order valence-electron chi connectivity index (χ2n) is 5.52. The van der Waals surface area contributed by atoms with Crippen LogP contribution in [0.5, 0.6) is 0 Å². The SMILES string of the molecule is CC(=Nc1c(C(C)C)cccc1C(C)C)C(=O)O[B]CF.[CH3-].[CH3-].[CH3-].[Ni+3]. The smallest absolute Gasteiger partial charge is 0.531 e. The maximum atomic E-state index is 12.0. The van der Waals surface area contributed by atoms with E-state index in [1.807, 2.05) is 18.2 Å². The molecule has 0 spiro atoms. The molecule has 0 amide bonds. The minimum atomic E-state index is -0.807. The van der Waals surface area contributed by atoms with Gasteiger partial charge in [0, 0.05) is 0 Å². The molecule has 0 saturated carbocycles. The summed E-state index contributed by atoms with van der Waals surface area (Å²) in [4.78, 5) is 16.2. The molecule has 1 aromatic carbocycles. The summed E-state index contributed by atoms with van der Waals surface area (Å²) in [6, 6.07) is 6.04. The van der Waals surface area contributed by atoms with Crippen molar-refractivity contribution in [3.63, 3.8) is 0 Å². The zero-order valence-electron chi connectivity index (χ0n) is 16.6. The molecule has 0 unspecified atom stereocenters. The Labute approximate surface area is 165 Å². The number of aliphatic imine (C=N–C) groups is 1. The second-order valence-corrected chi connectivity index (χ2v) is 5.52. The molecule has 0 saturated heterocycles. The van der Waals surface area contributed by atoms with Crippen LogP contribution in [0.3, 0.4) is 0 Å². The van der Waals surface area contributed by atoms with Gasteiger partial charge in [0.1, 0.15) is 12.3 Å². The van der Waals surface area contributed by atoms with E-state index in [9.17, 15) is 9.18 Å². The molecule has 6 heteroatoms. The summed E-state index contributed by atoms with van der Waals surface area (Å²) in [5.41, 5.74) is 3.21. The van der Waals surface area contributed by atoms with Crippen LogP contribution in [0.4, 0.5) is 10.1 Å². The Bertz CT molecular complexity index is 508. The van der Waals surface area contributed by atoms with Crippen molar-refractivity contribution in [3.05, 3.63) is 51.6 Å². The van der Waals surface area contributed by atoms with Crippen LogP contribution in [0, 0.1) is 22.3 Å².